The van der Waals surface area contributed by atoms with E-state index in [-0.39, 0.29) is 11.4 Å². The zero-order valence-electron chi connectivity index (χ0n) is 19.5. The van der Waals surface area contributed by atoms with E-state index in [0.717, 1.165) is 55.9 Å². The Balaban J connectivity index is 1.43. The van der Waals surface area contributed by atoms with Crippen molar-refractivity contribution in [1.82, 2.24) is 19.7 Å². The molecule has 2 aromatic heterocycles. The van der Waals surface area contributed by atoms with E-state index in [1.807, 2.05) is 43.3 Å². The number of pyridine rings is 1. The smallest absolute Gasteiger partial charge is 0.261 e. The lowest BCUT2D eigenvalue weighted by atomic mass is 10.1. The molecule has 0 aliphatic carbocycles. The summed E-state index contributed by atoms with van der Waals surface area (Å²) in [6, 6.07) is 11.3. The molecule has 0 unspecified atom stereocenters. The fourth-order valence-corrected chi connectivity index (χ4v) is 4.38. The molecule has 178 valence electrons. The van der Waals surface area contributed by atoms with Crippen molar-refractivity contribution in [2.75, 3.05) is 52.3 Å². The van der Waals surface area contributed by atoms with Crippen LogP contribution in [0.15, 0.2) is 41.2 Å². The van der Waals surface area contributed by atoms with Gasteiger partial charge in [-0.3, -0.25) is 9.69 Å². The number of aromatic nitrogens is 3. The zero-order valence-corrected chi connectivity index (χ0v) is 19.5. The first-order valence-electron chi connectivity index (χ1n) is 11.5. The Morgan fingerprint density at radius 2 is 1.94 bits per heavy atom. The zero-order chi connectivity index (χ0) is 23.7. The molecule has 1 aliphatic rings. The summed E-state index contributed by atoms with van der Waals surface area (Å²) in [6.45, 7) is 7.08. The highest BCUT2D eigenvalue weighted by atomic mass is 16.5. The quantitative estimate of drug-likeness (QED) is 0.406. The minimum Gasteiger partial charge on any atom is -0.497 e. The van der Waals surface area contributed by atoms with E-state index in [0.29, 0.717) is 34.5 Å². The standard InChI is InChI=1S/C25H29N5O4/c1-16-4-5-17(32-2)15-21(16)30-24(26)22-23(28-30)19-7-6-18(14-20(19)27-25(22)31)34-11-3-8-29-9-12-33-13-10-29/h4-7,14-15H,3,8-13,26H2,1-2H3,(H,27,31). The molecule has 5 rings (SSSR count). The molecule has 0 spiro atoms. The van der Waals surface area contributed by atoms with Gasteiger partial charge in [-0.15, -0.1) is 0 Å². The summed E-state index contributed by atoms with van der Waals surface area (Å²) in [5, 5.41) is 5.90. The molecular formula is C25H29N5O4. The van der Waals surface area contributed by atoms with Gasteiger partial charge in [-0.05, 0) is 37.1 Å². The van der Waals surface area contributed by atoms with Crippen molar-refractivity contribution in [3.63, 3.8) is 0 Å². The molecule has 1 fully saturated rings. The molecule has 3 heterocycles. The molecule has 0 saturated carbocycles. The number of fused-ring (bicyclic) bond motifs is 3. The van der Waals surface area contributed by atoms with E-state index in [9.17, 15) is 4.79 Å². The number of anilines is 1. The minimum atomic E-state index is -0.281. The van der Waals surface area contributed by atoms with Crippen molar-refractivity contribution in [1.29, 1.82) is 0 Å². The second-order valence-electron chi connectivity index (χ2n) is 8.49. The van der Waals surface area contributed by atoms with E-state index in [4.69, 9.17) is 25.0 Å². The largest absolute Gasteiger partial charge is 0.497 e. The van der Waals surface area contributed by atoms with Crippen LogP contribution in [-0.4, -0.2) is 66.2 Å². The van der Waals surface area contributed by atoms with Crippen molar-refractivity contribution in [3.05, 3.63) is 52.3 Å². The number of aromatic amines is 1. The Kier molecular flexibility index (Phi) is 6.12. The molecule has 1 saturated heterocycles. The van der Waals surface area contributed by atoms with Gasteiger partial charge in [-0.1, -0.05) is 6.07 Å². The van der Waals surface area contributed by atoms with Gasteiger partial charge < -0.3 is 24.9 Å². The summed E-state index contributed by atoms with van der Waals surface area (Å²) < 4.78 is 18.3. The number of hydrogen-bond acceptors (Lipinski definition) is 7. The Bertz CT molecular complexity index is 1390. The predicted octanol–water partition coefficient (Wildman–Crippen LogP) is 2.87. The summed E-state index contributed by atoms with van der Waals surface area (Å²) >= 11 is 0. The number of morpholine rings is 1. The lowest BCUT2D eigenvalue weighted by molar-refractivity contribution is 0.0358. The average molecular weight is 464 g/mol. The average Bonchev–Trinajstić information content (AvgIpc) is 3.20. The molecule has 1 aliphatic heterocycles. The highest BCUT2D eigenvalue weighted by Gasteiger charge is 2.18. The summed E-state index contributed by atoms with van der Waals surface area (Å²) in [4.78, 5) is 18.3. The molecule has 9 heteroatoms. The van der Waals surface area contributed by atoms with E-state index in [2.05, 4.69) is 9.88 Å². The van der Waals surface area contributed by atoms with Crippen LogP contribution < -0.4 is 20.8 Å². The molecule has 34 heavy (non-hydrogen) atoms. The van der Waals surface area contributed by atoms with Gasteiger partial charge in [0.25, 0.3) is 5.56 Å². The number of ether oxygens (including phenoxy) is 3. The maximum atomic E-state index is 12.9. The second-order valence-corrected chi connectivity index (χ2v) is 8.49. The second kappa shape index (κ2) is 9.36. The number of H-pyrrole nitrogens is 1. The third-order valence-corrected chi connectivity index (χ3v) is 6.28. The Morgan fingerprint density at radius 3 is 2.74 bits per heavy atom. The number of hydrogen-bond donors (Lipinski definition) is 2. The molecule has 4 aromatic rings. The van der Waals surface area contributed by atoms with Crippen LogP contribution in [0.1, 0.15) is 12.0 Å². The number of nitrogens with two attached hydrogens (primary N) is 1. The van der Waals surface area contributed by atoms with Crippen LogP contribution in [-0.2, 0) is 4.74 Å². The van der Waals surface area contributed by atoms with Crippen molar-refractivity contribution in [2.24, 2.45) is 0 Å². The monoisotopic (exact) mass is 463 g/mol. The number of nitrogens with one attached hydrogen (secondary N) is 1. The Morgan fingerprint density at radius 1 is 1.15 bits per heavy atom. The first kappa shape index (κ1) is 22.2. The van der Waals surface area contributed by atoms with E-state index in [1.165, 1.54) is 0 Å². The molecule has 2 aromatic carbocycles. The van der Waals surface area contributed by atoms with Gasteiger partial charge in [0, 0.05) is 37.2 Å². The van der Waals surface area contributed by atoms with Crippen molar-refractivity contribution >= 4 is 27.6 Å². The first-order valence-corrected chi connectivity index (χ1v) is 11.5. The van der Waals surface area contributed by atoms with Gasteiger partial charge in [0.15, 0.2) is 0 Å². The van der Waals surface area contributed by atoms with E-state index in [1.54, 1.807) is 11.8 Å². The van der Waals surface area contributed by atoms with Gasteiger partial charge in [-0.25, -0.2) is 4.68 Å². The summed E-state index contributed by atoms with van der Waals surface area (Å²) in [5.74, 6) is 1.69. The number of nitrogen functional groups attached to an aromatic ring is 1. The minimum absolute atomic E-state index is 0.281. The fourth-order valence-electron chi connectivity index (χ4n) is 4.38. The van der Waals surface area contributed by atoms with Gasteiger partial charge >= 0.3 is 0 Å². The molecule has 0 atom stereocenters. The van der Waals surface area contributed by atoms with Crippen LogP contribution in [0.4, 0.5) is 5.82 Å². The highest BCUT2D eigenvalue weighted by Crippen LogP contribution is 2.30. The van der Waals surface area contributed by atoms with Crippen LogP contribution in [0.3, 0.4) is 0 Å². The van der Waals surface area contributed by atoms with Crippen molar-refractivity contribution in [3.8, 4) is 17.2 Å². The summed E-state index contributed by atoms with van der Waals surface area (Å²) in [7, 11) is 1.61. The fraction of sp³-hybridized carbons (Fsp3) is 0.360. The van der Waals surface area contributed by atoms with Gasteiger partial charge in [0.1, 0.15) is 28.2 Å². The third-order valence-electron chi connectivity index (χ3n) is 6.28. The molecular weight excluding hydrogens is 434 g/mol. The number of aryl methyl sites for hydroxylation is 1. The van der Waals surface area contributed by atoms with E-state index >= 15 is 0 Å². The summed E-state index contributed by atoms with van der Waals surface area (Å²) in [5.41, 5.74) is 9.06. The number of nitrogens with zero attached hydrogens (tertiary/aromatic N) is 3. The molecule has 9 nitrogen and oxygen atoms in total. The van der Waals surface area contributed by atoms with Crippen LogP contribution in [0.2, 0.25) is 0 Å². The van der Waals surface area contributed by atoms with Crippen molar-refractivity contribution in [2.45, 2.75) is 13.3 Å². The molecule has 0 bridgehead atoms. The maximum absolute atomic E-state index is 12.9. The maximum Gasteiger partial charge on any atom is 0.261 e. The number of methoxy groups -OCH3 is 1. The van der Waals surface area contributed by atoms with Gasteiger partial charge in [0.05, 0.1) is 38.1 Å². The molecule has 3 N–H and O–H groups in total. The molecule has 0 amide bonds. The summed E-state index contributed by atoms with van der Waals surface area (Å²) in [6.07, 6.45) is 0.925. The van der Waals surface area contributed by atoms with Crippen LogP contribution in [0.25, 0.3) is 27.5 Å². The number of rotatable bonds is 7. The van der Waals surface area contributed by atoms with Crippen LogP contribution in [0, 0.1) is 6.92 Å². The predicted molar refractivity (Wildman–Crippen MR) is 132 cm³/mol. The van der Waals surface area contributed by atoms with Gasteiger partial charge in [0.2, 0.25) is 0 Å². The lowest BCUT2D eigenvalue weighted by Gasteiger charge is -2.26. The first-order chi connectivity index (χ1) is 16.5. The Labute approximate surface area is 197 Å². The van der Waals surface area contributed by atoms with Crippen LogP contribution in [0.5, 0.6) is 11.5 Å². The van der Waals surface area contributed by atoms with Gasteiger partial charge in [-0.2, -0.15) is 5.10 Å². The third kappa shape index (κ3) is 4.20. The molecule has 0 radical (unpaired) electrons. The normalized spacial score (nSPS) is 14.6. The topological polar surface area (TPSA) is 108 Å². The van der Waals surface area contributed by atoms with Crippen molar-refractivity contribution < 1.29 is 14.2 Å². The Hall–Kier alpha value is -3.56. The SMILES string of the molecule is COc1ccc(C)c(-n2nc3c(c2N)c(=O)[nH]c2cc(OCCCN4CCOCC4)ccc23)c1. The van der Waals surface area contributed by atoms with Crippen LogP contribution >= 0.6 is 0 Å². The van der Waals surface area contributed by atoms with E-state index < -0.39 is 0 Å². The number of benzene rings is 2. The lowest BCUT2D eigenvalue weighted by Crippen LogP contribution is -2.37. The highest BCUT2D eigenvalue weighted by molar-refractivity contribution is 6.07.